The largest absolute Gasteiger partial charge is 0.396 e. The summed E-state index contributed by atoms with van der Waals surface area (Å²) >= 11 is 1.62. The van der Waals surface area contributed by atoms with Crippen LogP contribution in [0.5, 0.6) is 0 Å². The predicted molar refractivity (Wildman–Crippen MR) is 103 cm³/mol. The number of carbonyl (C=O) groups is 2. The second-order valence-electron chi connectivity index (χ2n) is 7.98. The van der Waals surface area contributed by atoms with E-state index in [4.69, 9.17) is 0 Å². The molecule has 2 amide bonds. The van der Waals surface area contributed by atoms with Gasteiger partial charge >= 0.3 is 0 Å². The number of hydrogen-bond donors (Lipinski definition) is 1. The fourth-order valence-electron chi connectivity index (χ4n) is 4.41. The van der Waals surface area contributed by atoms with Gasteiger partial charge in [-0.25, -0.2) is 0 Å². The molecular weight excluding hydrogens is 348 g/mol. The first-order valence-corrected chi connectivity index (χ1v) is 10.6. The van der Waals surface area contributed by atoms with Gasteiger partial charge in [-0.15, -0.1) is 11.3 Å². The van der Waals surface area contributed by atoms with Crippen LogP contribution in [0.25, 0.3) is 0 Å². The molecule has 26 heavy (non-hydrogen) atoms. The summed E-state index contributed by atoms with van der Waals surface area (Å²) in [5.41, 5.74) is 0. The molecule has 3 heterocycles. The van der Waals surface area contributed by atoms with Crippen molar-refractivity contribution >= 4 is 23.2 Å². The van der Waals surface area contributed by atoms with Crippen LogP contribution in [0.3, 0.4) is 0 Å². The van der Waals surface area contributed by atoms with Crippen molar-refractivity contribution in [2.24, 2.45) is 23.7 Å². The van der Waals surface area contributed by atoms with Crippen LogP contribution >= 0.6 is 11.3 Å². The topological polar surface area (TPSA) is 60.9 Å². The van der Waals surface area contributed by atoms with Gasteiger partial charge < -0.3 is 14.9 Å². The maximum atomic E-state index is 12.6. The predicted octanol–water partition coefficient (Wildman–Crippen LogP) is 2.25. The molecule has 2 aliphatic rings. The SMILES string of the molecule is CC(C)C(=O)N1CCC([C@@H]2CN(C(=O)Cc3cccs3)C[C@H]2CO)CC1. The third kappa shape index (κ3) is 4.29. The van der Waals surface area contributed by atoms with E-state index in [0.29, 0.717) is 24.8 Å². The number of rotatable bonds is 5. The molecule has 1 aromatic heterocycles. The molecule has 1 N–H and O–H groups in total. The number of likely N-dealkylation sites (tertiary alicyclic amines) is 2. The zero-order valence-corrected chi connectivity index (χ0v) is 16.6. The number of aliphatic hydroxyl groups excluding tert-OH is 1. The highest BCUT2D eigenvalue weighted by Crippen LogP contribution is 2.36. The Morgan fingerprint density at radius 3 is 2.54 bits per heavy atom. The molecule has 6 heteroatoms. The molecule has 2 atom stereocenters. The summed E-state index contributed by atoms with van der Waals surface area (Å²) in [5.74, 6) is 1.46. The number of hydrogen-bond acceptors (Lipinski definition) is 4. The first-order chi connectivity index (χ1) is 12.5. The average Bonchev–Trinajstić information content (AvgIpc) is 3.30. The zero-order chi connectivity index (χ0) is 18.7. The molecule has 0 aliphatic carbocycles. The van der Waals surface area contributed by atoms with Gasteiger partial charge in [0.25, 0.3) is 0 Å². The lowest BCUT2D eigenvalue weighted by atomic mass is 9.78. The Bertz CT molecular complexity index is 609. The van der Waals surface area contributed by atoms with Crippen molar-refractivity contribution in [1.82, 2.24) is 9.80 Å². The van der Waals surface area contributed by atoms with Crippen LogP contribution in [-0.2, 0) is 16.0 Å². The molecule has 0 aromatic carbocycles. The normalized spacial score (nSPS) is 24.5. The minimum atomic E-state index is 0.0496. The molecule has 144 valence electrons. The summed E-state index contributed by atoms with van der Waals surface area (Å²) in [7, 11) is 0. The van der Waals surface area contributed by atoms with Crippen molar-refractivity contribution in [2.45, 2.75) is 33.1 Å². The van der Waals surface area contributed by atoms with Gasteiger partial charge in [-0.2, -0.15) is 0 Å². The van der Waals surface area contributed by atoms with Crippen molar-refractivity contribution in [1.29, 1.82) is 0 Å². The molecule has 2 saturated heterocycles. The van der Waals surface area contributed by atoms with Crippen LogP contribution in [0.15, 0.2) is 17.5 Å². The minimum absolute atomic E-state index is 0.0496. The molecule has 1 aromatic rings. The Balaban J connectivity index is 1.56. The lowest BCUT2D eigenvalue weighted by Gasteiger charge is -2.37. The van der Waals surface area contributed by atoms with E-state index in [0.717, 1.165) is 37.4 Å². The van der Waals surface area contributed by atoms with Crippen LogP contribution in [0, 0.1) is 23.7 Å². The van der Waals surface area contributed by atoms with Crippen LogP contribution < -0.4 is 0 Å². The molecule has 0 saturated carbocycles. The van der Waals surface area contributed by atoms with Crippen molar-refractivity contribution in [3.05, 3.63) is 22.4 Å². The van der Waals surface area contributed by atoms with E-state index in [2.05, 4.69) is 0 Å². The van der Waals surface area contributed by atoms with Crippen molar-refractivity contribution in [2.75, 3.05) is 32.8 Å². The Morgan fingerprint density at radius 1 is 1.23 bits per heavy atom. The molecular formula is C20H30N2O3S. The minimum Gasteiger partial charge on any atom is -0.396 e. The van der Waals surface area contributed by atoms with E-state index in [1.54, 1.807) is 11.3 Å². The Morgan fingerprint density at radius 2 is 1.96 bits per heavy atom. The first-order valence-electron chi connectivity index (χ1n) is 9.69. The fraction of sp³-hybridized carbons (Fsp3) is 0.700. The summed E-state index contributed by atoms with van der Waals surface area (Å²) < 4.78 is 0. The van der Waals surface area contributed by atoms with E-state index in [9.17, 15) is 14.7 Å². The maximum absolute atomic E-state index is 12.6. The second-order valence-corrected chi connectivity index (χ2v) is 9.01. The molecule has 3 rings (SSSR count). The summed E-state index contributed by atoms with van der Waals surface area (Å²) in [6.07, 6.45) is 2.42. The van der Waals surface area contributed by atoms with Crippen LogP contribution in [-0.4, -0.2) is 59.5 Å². The molecule has 2 fully saturated rings. The molecule has 0 unspecified atom stereocenters. The first kappa shape index (κ1) is 19.4. The number of carbonyl (C=O) groups excluding carboxylic acids is 2. The average molecular weight is 379 g/mol. The van der Waals surface area contributed by atoms with Gasteiger partial charge in [0.05, 0.1) is 6.42 Å². The monoisotopic (exact) mass is 378 g/mol. The number of piperidine rings is 1. The van der Waals surface area contributed by atoms with E-state index >= 15 is 0 Å². The number of thiophene rings is 1. The molecule has 0 radical (unpaired) electrons. The van der Waals surface area contributed by atoms with E-state index in [1.165, 1.54) is 0 Å². The van der Waals surface area contributed by atoms with Gasteiger partial charge in [0, 0.05) is 49.5 Å². The van der Waals surface area contributed by atoms with Crippen molar-refractivity contribution in [3.8, 4) is 0 Å². The lowest BCUT2D eigenvalue weighted by molar-refractivity contribution is -0.136. The number of amides is 2. The van der Waals surface area contributed by atoms with Gasteiger partial charge in [0.15, 0.2) is 0 Å². The van der Waals surface area contributed by atoms with Crippen LogP contribution in [0.1, 0.15) is 31.6 Å². The quantitative estimate of drug-likeness (QED) is 0.855. The fourth-order valence-corrected chi connectivity index (χ4v) is 5.11. The number of nitrogens with zero attached hydrogens (tertiary/aromatic N) is 2. The number of aliphatic hydroxyl groups is 1. The smallest absolute Gasteiger partial charge is 0.227 e. The van der Waals surface area contributed by atoms with E-state index in [1.807, 2.05) is 41.2 Å². The van der Waals surface area contributed by atoms with Crippen LogP contribution in [0.4, 0.5) is 0 Å². The van der Waals surface area contributed by atoms with Gasteiger partial charge in [0.2, 0.25) is 11.8 Å². The highest BCUT2D eigenvalue weighted by Gasteiger charge is 2.40. The summed E-state index contributed by atoms with van der Waals surface area (Å²) in [4.78, 5) is 29.8. The van der Waals surface area contributed by atoms with E-state index < -0.39 is 0 Å². The van der Waals surface area contributed by atoms with Crippen LogP contribution in [0.2, 0.25) is 0 Å². The lowest BCUT2D eigenvalue weighted by Crippen LogP contribution is -2.43. The van der Waals surface area contributed by atoms with Crippen molar-refractivity contribution in [3.63, 3.8) is 0 Å². The summed E-state index contributed by atoms with van der Waals surface area (Å²) in [5, 5.41) is 11.8. The highest BCUT2D eigenvalue weighted by molar-refractivity contribution is 7.10. The summed E-state index contributed by atoms with van der Waals surface area (Å²) in [6, 6.07) is 3.98. The van der Waals surface area contributed by atoms with Crippen molar-refractivity contribution < 1.29 is 14.7 Å². The van der Waals surface area contributed by atoms with Gasteiger partial charge in [-0.1, -0.05) is 19.9 Å². The Hall–Kier alpha value is -1.40. The second kappa shape index (κ2) is 8.53. The van der Waals surface area contributed by atoms with Gasteiger partial charge in [0.1, 0.15) is 0 Å². The third-order valence-corrected chi connectivity index (χ3v) is 6.81. The molecule has 2 aliphatic heterocycles. The maximum Gasteiger partial charge on any atom is 0.227 e. The third-order valence-electron chi connectivity index (χ3n) is 5.94. The van der Waals surface area contributed by atoms with Gasteiger partial charge in [-0.05, 0) is 36.1 Å². The zero-order valence-electron chi connectivity index (χ0n) is 15.8. The van der Waals surface area contributed by atoms with E-state index in [-0.39, 0.29) is 30.3 Å². The molecule has 0 bridgehead atoms. The molecule has 5 nitrogen and oxygen atoms in total. The Kier molecular flexibility index (Phi) is 6.35. The standard InChI is InChI=1S/C20H30N2O3S/c1-14(2)20(25)21-7-5-15(6-8-21)18-12-22(11-16(18)13-23)19(24)10-17-4-3-9-26-17/h3-4,9,14-16,18,23H,5-8,10-13H2,1-2H3/t16-,18-/m0/s1. The van der Waals surface area contributed by atoms with Gasteiger partial charge in [-0.3, -0.25) is 9.59 Å². The highest BCUT2D eigenvalue weighted by atomic mass is 32.1. The summed E-state index contributed by atoms with van der Waals surface area (Å²) in [6.45, 7) is 7.06. The molecule has 0 spiro atoms. The Labute approximate surface area is 160 Å².